The number of aryl methyl sites for hydroxylation is 1. The molecule has 1 rings (SSSR count). The molecule has 0 saturated heterocycles. The second-order valence-corrected chi connectivity index (χ2v) is 4.91. The standard InChI is InChI=1S/C13H25N3O/c1-5-12-14-7-8-16(12)11(3)9-13(4,10-17)15-6-2/h7-8,11,15,17H,5-6,9-10H2,1-4H3. The molecule has 2 atom stereocenters. The Morgan fingerprint density at radius 3 is 2.76 bits per heavy atom. The van der Waals surface area contributed by atoms with Crippen molar-refractivity contribution in [3.63, 3.8) is 0 Å². The van der Waals surface area contributed by atoms with Gasteiger partial charge in [0.05, 0.1) is 6.61 Å². The number of nitrogens with zero attached hydrogens (tertiary/aromatic N) is 2. The van der Waals surface area contributed by atoms with Crippen molar-refractivity contribution in [2.45, 2.75) is 52.1 Å². The molecule has 1 aromatic rings. The van der Waals surface area contributed by atoms with Crippen molar-refractivity contribution in [3.8, 4) is 0 Å². The minimum atomic E-state index is -0.219. The molecule has 0 aliphatic carbocycles. The average molecular weight is 239 g/mol. The highest BCUT2D eigenvalue weighted by Gasteiger charge is 2.25. The lowest BCUT2D eigenvalue weighted by Crippen LogP contribution is -2.47. The number of aromatic nitrogens is 2. The highest BCUT2D eigenvalue weighted by Crippen LogP contribution is 2.22. The Morgan fingerprint density at radius 2 is 2.24 bits per heavy atom. The summed E-state index contributed by atoms with van der Waals surface area (Å²) < 4.78 is 2.20. The van der Waals surface area contributed by atoms with Crippen LogP contribution in [0.1, 0.15) is 46.0 Å². The van der Waals surface area contributed by atoms with E-state index in [1.807, 2.05) is 12.4 Å². The quantitative estimate of drug-likeness (QED) is 0.762. The fraction of sp³-hybridized carbons (Fsp3) is 0.769. The highest BCUT2D eigenvalue weighted by atomic mass is 16.3. The maximum Gasteiger partial charge on any atom is 0.108 e. The van der Waals surface area contributed by atoms with Crippen LogP contribution in [-0.2, 0) is 6.42 Å². The first-order valence-electron chi connectivity index (χ1n) is 6.44. The molecule has 98 valence electrons. The van der Waals surface area contributed by atoms with E-state index in [0.29, 0.717) is 6.04 Å². The summed E-state index contributed by atoms with van der Waals surface area (Å²) in [6.45, 7) is 9.44. The zero-order chi connectivity index (χ0) is 12.9. The molecule has 2 unspecified atom stereocenters. The van der Waals surface area contributed by atoms with E-state index in [2.05, 4.69) is 42.6 Å². The van der Waals surface area contributed by atoms with E-state index >= 15 is 0 Å². The molecule has 4 nitrogen and oxygen atoms in total. The molecule has 0 fully saturated rings. The van der Waals surface area contributed by atoms with Gasteiger partial charge in [0.15, 0.2) is 0 Å². The summed E-state index contributed by atoms with van der Waals surface area (Å²) in [7, 11) is 0. The SMILES string of the molecule is CCNC(C)(CO)CC(C)n1ccnc1CC. The number of nitrogens with one attached hydrogen (secondary N) is 1. The first-order chi connectivity index (χ1) is 8.06. The van der Waals surface area contributed by atoms with E-state index in [-0.39, 0.29) is 12.1 Å². The topological polar surface area (TPSA) is 50.1 Å². The van der Waals surface area contributed by atoms with E-state index in [1.54, 1.807) is 0 Å². The molecule has 0 saturated carbocycles. The number of hydrogen-bond acceptors (Lipinski definition) is 3. The van der Waals surface area contributed by atoms with Crippen LogP contribution in [0.15, 0.2) is 12.4 Å². The van der Waals surface area contributed by atoms with Crippen LogP contribution in [-0.4, -0.2) is 33.3 Å². The van der Waals surface area contributed by atoms with Gasteiger partial charge in [-0.05, 0) is 26.8 Å². The number of rotatable bonds is 7. The van der Waals surface area contributed by atoms with Crippen LogP contribution < -0.4 is 5.32 Å². The van der Waals surface area contributed by atoms with Gasteiger partial charge >= 0.3 is 0 Å². The van der Waals surface area contributed by atoms with Crippen molar-refractivity contribution in [1.29, 1.82) is 0 Å². The molecular formula is C13H25N3O. The molecule has 0 amide bonds. The van der Waals surface area contributed by atoms with Crippen molar-refractivity contribution < 1.29 is 5.11 Å². The van der Waals surface area contributed by atoms with Gasteiger partial charge in [-0.25, -0.2) is 4.98 Å². The van der Waals surface area contributed by atoms with E-state index in [1.165, 1.54) is 0 Å². The van der Waals surface area contributed by atoms with Crippen LogP contribution in [0.2, 0.25) is 0 Å². The second kappa shape index (κ2) is 6.17. The Hall–Kier alpha value is -0.870. The predicted molar refractivity (Wildman–Crippen MR) is 70.1 cm³/mol. The summed E-state index contributed by atoms with van der Waals surface area (Å²) >= 11 is 0. The summed E-state index contributed by atoms with van der Waals surface area (Å²) in [6, 6.07) is 0.337. The van der Waals surface area contributed by atoms with Crippen LogP contribution in [0.4, 0.5) is 0 Å². The molecule has 0 spiro atoms. The number of aliphatic hydroxyl groups is 1. The van der Waals surface area contributed by atoms with E-state index in [9.17, 15) is 5.11 Å². The van der Waals surface area contributed by atoms with Crippen molar-refractivity contribution in [1.82, 2.24) is 14.9 Å². The summed E-state index contributed by atoms with van der Waals surface area (Å²) in [5.74, 6) is 1.11. The lowest BCUT2D eigenvalue weighted by Gasteiger charge is -2.32. The van der Waals surface area contributed by atoms with Gasteiger partial charge in [-0.2, -0.15) is 0 Å². The number of aliphatic hydroxyl groups excluding tert-OH is 1. The van der Waals surface area contributed by atoms with Crippen molar-refractivity contribution >= 4 is 0 Å². The van der Waals surface area contributed by atoms with Crippen molar-refractivity contribution in [3.05, 3.63) is 18.2 Å². The summed E-state index contributed by atoms with van der Waals surface area (Å²) in [6.07, 6.45) is 5.70. The highest BCUT2D eigenvalue weighted by molar-refractivity contribution is 4.96. The summed E-state index contributed by atoms with van der Waals surface area (Å²) in [5.41, 5.74) is -0.219. The third kappa shape index (κ3) is 3.54. The van der Waals surface area contributed by atoms with E-state index < -0.39 is 0 Å². The Morgan fingerprint density at radius 1 is 1.53 bits per heavy atom. The molecule has 1 heterocycles. The van der Waals surface area contributed by atoms with Crippen LogP contribution in [0, 0.1) is 0 Å². The molecule has 17 heavy (non-hydrogen) atoms. The Kier molecular flexibility index (Phi) is 5.15. The molecule has 0 bridgehead atoms. The third-order valence-corrected chi connectivity index (χ3v) is 3.24. The van der Waals surface area contributed by atoms with Crippen LogP contribution in [0.5, 0.6) is 0 Å². The molecule has 0 aliphatic rings. The minimum Gasteiger partial charge on any atom is -0.394 e. The Balaban J connectivity index is 2.73. The molecule has 0 aliphatic heterocycles. The van der Waals surface area contributed by atoms with Gasteiger partial charge < -0.3 is 15.0 Å². The van der Waals surface area contributed by atoms with Gasteiger partial charge in [-0.15, -0.1) is 0 Å². The number of likely N-dealkylation sites (N-methyl/N-ethyl adjacent to an activating group) is 1. The van der Waals surface area contributed by atoms with Gasteiger partial charge in [-0.1, -0.05) is 13.8 Å². The van der Waals surface area contributed by atoms with Gasteiger partial charge in [0.25, 0.3) is 0 Å². The molecular weight excluding hydrogens is 214 g/mol. The van der Waals surface area contributed by atoms with Crippen molar-refractivity contribution in [2.24, 2.45) is 0 Å². The smallest absolute Gasteiger partial charge is 0.108 e. The summed E-state index contributed by atoms with van der Waals surface area (Å²) in [4.78, 5) is 4.34. The maximum absolute atomic E-state index is 9.50. The largest absolute Gasteiger partial charge is 0.394 e. The van der Waals surface area contributed by atoms with Gasteiger partial charge in [-0.3, -0.25) is 0 Å². The monoisotopic (exact) mass is 239 g/mol. The molecule has 0 radical (unpaired) electrons. The molecule has 1 aromatic heterocycles. The zero-order valence-corrected chi connectivity index (χ0v) is 11.4. The molecule has 0 aromatic carbocycles. The van der Waals surface area contributed by atoms with Crippen molar-refractivity contribution in [2.75, 3.05) is 13.2 Å². The second-order valence-electron chi connectivity index (χ2n) is 4.91. The van der Waals surface area contributed by atoms with Gasteiger partial charge in [0.1, 0.15) is 5.82 Å². The van der Waals surface area contributed by atoms with Gasteiger partial charge in [0, 0.05) is 30.4 Å². The Bertz CT molecular complexity index is 337. The Labute approximate surface area is 104 Å². The van der Waals surface area contributed by atoms with E-state index in [0.717, 1.165) is 25.2 Å². The fourth-order valence-electron chi connectivity index (χ4n) is 2.39. The zero-order valence-electron chi connectivity index (χ0n) is 11.4. The first-order valence-corrected chi connectivity index (χ1v) is 6.44. The lowest BCUT2D eigenvalue weighted by molar-refractivity contribution is 0.152. The minimum absolute atomic E-state index is 0.154. The predicted octanol–water partition coefficient (Wildman–Crippen LogP) is 1.76. The third-order valence-electron chi connectivity index (χ3n) is 3.24. The number of imidazole rings is 1. The number of hydrogen-bond donors (Lipinski definition) is 2. The summed E-state index contributed by atoms with van der Waals surface area (Å²) in [5, 5.41) is 12.9. The van der Waals surface area contributed by atoms with Crippen LogP contribution >= 0.6 is 0 Å². The lowest BCUT2D eigenvalue weighted by atomic mass is 9.94. The van der Waals surface area contributed by atoms with Crippen LogP contribution in [0.3, 0.4) is 0 Å². The molecule has 4 heteroatoms. The first kappa shape index (κ1) is 14.2. The average Bonchev–Trinajstić information content (AvgIpc) is 2.77. The normalized spacial score (nSPS) is 16.8. The maximum atomic E-state index is 9.50. The van der Waals surface area contributed by atoms with Gasteiger partial charge in [0.2, 0.25) is 0 Å². The molecule has 2 N–H and O–H groups in total. The van der Waals surface area contributed by atoms with Crippen LogP contribution in [0.25, 0.3) is 0 Å². The fourth-order valence-corrected chi connectivity index (χ4v) is 2.39. The van der Waals surface area contributed by atoms with E-state index in [4.69, 9.17) is 0 Å².